The normalized spacial score (nSPS) is 15.4. The molecule has 0 amide bonds. The van der Waals surface area contributed by atoms with Crippen LogP contribution in [0.1, 0.15) is 12.8 Å². The van der Waals surface area contributed by atoms with Gasteiger partial charge in [0.15, 0.2) is 5.65 Å². The lowest BCUT2D eigenvalue weighted by Gasteiger charge is -2.31. The maximum absolute atomic E-state index is 13.1. The van der Waals surface area contributed by atoms with E-state index in [0.29, 0.717) is 37.5 Å². The van der Waals surface area contributed by atoms with Gasteiger partial charge in [-0.1, -0.05) is 59.1 Å². The average Bonchev–Trinajstić information content (AvgIpc) is 3.25. The molecule has 186 valence electrons. The van der Waals surface area contributed by atoms with Gasteiger partial charge in [-0.15, -0.1) is 0 Å². The number of benzene rings is 2. The Bertz CT molecular complexity index is 1540. The first-order chi connectivity index (χ1) is 17.3. The number of nitrogens with one attached hydrogen (secondary N) is 1. The van der Waals surface area contributed by atoms with Gasteiger partial charge >= 0.3 is 0 Å². The third-order valence-electron chi connectivity index (χ3n) is 6.48. The summed E-state index contributed by atoms with van der Waals surface area (Å²) >= 11 is 18.7. The topological polar surface area (TPSA) is 79.6 Å². The van der Waals surface area contributed by atoms with Crippen LogP contribution in [0.5, 0.6) is 0 Å². The van der Waals surface area contributed by atoms with Gasteiger partial charge in [-0.05, 0) is 42.4 Å². The first-order valence-corrected chi connectivity index (χ1v) is 14.1. The predicted molar refractivity (Wildman–Crippen MR) is 148 cm³/mol. The molecule has 12 heteroatoms. The van der Waals surface area contributed by atoms with E-state index in [1.54, 1.807) is 22.8 Å². The number of anilines is 1. The minimum Gasteiger partial charge on any atom is -0.370 e. The Balaban J connectivity index is 1.31. The summed E-state index contributed by atoms with van der Waals surface area (Å²) < 4.78 is 29.5. The summed E-state index contributed by atoms with van der Waals surface area (Å²) in [4.78, 5) is 4.83. The van der Waals surface area contributed by atoms with Gasteiger partial charge < -0.3 is 5.32 Å². The number of hydrogen-bond acceptors (Lipinski definition) is 5. The highest BCUT2D eigenvalue weighted by molar-refractivity contribution is 7.89. The highest BCUT2D eigenvalue weighted by Crippen LogP contribution is 2.33. The van der Waals surface area contributed by atoms with Gasteiger partial charge in [0.2, 0.25) is 10.0 Å². The molecule has 1 fully saturated rings. The third kappa shape index (κ3) is 4.83. The molecule has 2 aromatic carbocycles. The summed E-state index contributed by atoms with van der Waals surface area (Å²) in [5, 5.41) is 8.91. The van der Waals surface area contributed by atoms with Crippen LogP contribution in [0.25, 0.3) is 16.9 Å². The first-order valence-electron chi connectivity index (χ1n) is 11.5. The van der Waals surface area contributed by atoms with Crippen LogP contribution in [-0.2, 0) is 10.0 Å². The zero-order chi connectivity index (χ0) is 25.4. The molecule has 0 atom stereocenters. The minimum absolute atomic E-state index is 0.0496. The Morgan fingerprint density at radius 1 is 1.03 bits per heavy atom. The number of sulfonamides is 1. The van der Waals surface area contributed by atoms with Crippen molar-refractivity contribution in [3.63, 3.8) is 0 Å². The second-order valence-corrected chi connectivity index (χ2v) is 11.9. The van der Waals surface area contributed by atoms with E-state index in [2.05, 4.69) is 10.4 Å². The number of halogens is 3. The lowest BCUT2D eigenvalue weighted by Crippen LogP contribution is -2.40. The van der Waals surface area contributed by atoms with Gasteiger partial charge in [0.25, 0.3) is 0 Å². The Hall–Kier alpha value is -2.30. The van der Waals surface area contributed by atoms with E-state index in [4.69, 9.17) is 39.8 Å². The van der Waals surface area contributed by atoms with Gasteiger partial charge in [-0.25, -0.2) is 13.4 Å². The first kappa shape index (κ1) is 25.4. The van der Waals surface area contributed by atoms with Crippen molar-refractivity contribution < 1.29 is 8.42 Å². The van der Waals surface area contributed by atoms with Crippen molar-refractivity contribution >= 4 is 69.6 Å². The van der Waals surface area contributed by atoms with Crippen molar-refractivity contribution in [1.82, 2.24) is 18.9 Å². The third-order valence-corrected chi connectivity index (χ3v) is 9.68. The summed E-state index contributed by atoms with van der Waals surface area (Å²) in [5.41, 5.74) is 3.33. The standard InChI is InChI=1S/C24H23BCl3N5O2S/c25-17-14-30-33-22(12-20(31-24(17)33)16-4-1-2-5-18(16)26)29-13-15-8-10-32(11-9-15)36(34,35)21-7-3-6-19(27)23(21)28/h1-7,12,14-15,29H,8-11,13,25H2. The summed E-state index contributed by atoms with van der Waals surface area (Å²) in [5.74, 6) is 1.10. The molecule has 0 bridgehead atoms. The van der Waals surface area contributed by atoms with Crippen LogP contribution in [0.2, 0.25) is 15.1 Å². The molecule has 0 spiro atoms. The van der Waals surface area contributed by atoms with Gasteiger partial charge in [-0.3, -0.25) is 0 Å². The van der Waals surface area contributed by atoms with E-state index in [9.17, 15) is 8.42 Å². The smallest absolute Gasteiger partial charge is 0.244 e. The number of aromatic nitrogens is 3. The van der Waals surface area contributed by atoms with E-state index in [1.165, 1.54) is 10.4 Å². The van der Waals surface area contributed by atoms with Crippen LogP contribution in [0.15, 0.2) is 59.6 Å². The number of rotatable bonds is 6. The fraction of sp³-hybridized carbons (Fsp3) is 0.250. The van der Waals surface area contributed by atoms with Crippen LogP contribution < -0.4 is 10.8 Å². The predicted octanol–water partition coefficient (Wildman–Crippen LogP) is 4.13. The molecule has 1 aliphatic heterocycles. The van der Waals surface area contributed by atoms with Crippen LogP contribution in [0.4, 0.5) is 5.82 Å². The van der Waals surface area contributed by atoms with Crippen molar-refractivity contribution in [1.29, 1.82) is 0 Å². The van der Waals surface area contributed by atoms with E-state index in [0.717, 1.165) is 28.2 Å². The lowest BCUT2D eigenvalue weighted by atomic mass is 9.98. The van der Waals surface area contributed by atoms with Crippen molar-refractivity contribution in [2.45, 2.75) is 17.7 Å². The molecule has 1 N–H and O–H groups in total. The minimum atomic E-state index is -3.71. The number of piperidine rings is 1. The van der Waals surface area contributed by atoms with Gasteiger partial charge in [-0.2, -0.15) is 13.9 Å². The van der Waals surface area contributed by atoms with E-state index >= 15 is 0 Å². The van der Waals surface area contributed by atoms with Crippen molar-refractivity contribution in [2.75, 3.05) is 25.0 Å². The monoisotopic (exact) mass is 561 g/mol. The zero-order valence-corrected chi connectivity index (χ0v) is 22.5. The van der Waals surface area contributed by atoms with Crippen molar-refractivity contribution in [3.8, 4) is 11.3 Å². The molecule has 36 heavy (non-hydrogen) atoms. The summed E-state index contributed by atoms with van der Waals surface area (Å²) in [6.45, 7) is 1.50. The molecule has 1 saturated heterocycles. The molecule has 0 aliphatic carbocycles. The largest absolute Gasteiger partial charge is 0.370 e. The highest BCUT2D eigenvalue weighted by atomic mass is 35.5. The summed E-state index contributed by atoms with van der Waals surface area (Å²) in [6.07, 6.45) is 3.22. The van der Waals surface area contributed by atoms with Gasteiger partial charge in [0.05, 0.1) is 15.7 Å². The van der Waals surface area contributed by atoms with Gasteiger partial charge in [0, 0.05) is 42.5 Å². The fourth-order valence-corrected chi connectivity index (χ4v) is 6.87. The Morgan fingerprint density at radius 3 is 2.50 bits per heavy atom. The molecule has 0 saturated carbocycles. The molecule has 0 radical (unpaired) electrons. The second-order valence-electron chi connectivity index (χ2n) is 8.85. The molecule has 3 heterocycles. The summed E-state index contributed by atoms with van der Waals surface area (Å²) in [7, 11) is -1.74. The molecule has 0 unspecified atom stereocenters. The van der Waals surface area contributed by atoms with Crippen molar-refractivity contribution in [3.05, 3.63) is 69.8 Å². The lowest BCUT2D eigenvalue weighted by molar-refractivity contribution is 0.282. The Kier molecular flexibility index (Phi) is 7.20. The molecular weight excluding hydrogens is 540 g/mol. The number of nitrogens with zero attached hydrogens (tertiary/aromatic N) is 4. The second kappa shape index (κ2) is 10.2. The molecule has 1 aliphatic rings. The molecular formula is C24H23BCl3N5O2S. The van der Waals surface area contributed by atoms with Crippen LogP contribution in [0, 0.1) is 5.92 Å². The maximum atomic E-state index is 13.1. The fourth-order valence-electron chi connectivity index (χ4n) is 4.43. The molecule has 2 aromatic heterocycles. The quantitative estimate of drug-likeness (QED) is 0.358. The van der Waals surface area contributed by atoms with Crippen LogP contribution in [-0.4, -0.2) is 54.8 Å². The Labute approximate surface area is 225 Å². The van der Waals surface area contributed by atoms with E-state index < -0.39 is 10.0 Å². The molecule has 5 rings (SSSR count). The summed E-state index contributed by atoms with van der Waals surface area (Å²) in [6, 6.07) is 14.2. The van der Waals surface area contributed by atoms with Crippen LogP contribution in [0.3, 0.4) is 0 Å². The zero-order valence-electron chi connectivity index (χ0n) is 19.5. The Morgan fingerprint density at radius 2 is 1.75 bits per heavy atom. The van der Waals surface area contributed by atoms with E-state index in [1.807, 2.05) is 38.2 Å². The molecule has 4 aromatic rings. The number of fused-ring (bicyclic) bond motifs is 1. The highest BCUT2D eigenvalue weighted by Gasteiger charge is 2.31. The average molecular weight is 563 g/mol. The van der Waals surface area contributed by atoms with Crippen molar-refractivity contribution in [2.24, 2.45) is 5.92 Å². The van der Waals surface area contributed by atoms with E-state index in [-0.39, 0.29) is 20.9 Å². The van der Waals surface area contributed by atoms with Gasteiger partial charge in [0.1, 0.15) is 18.6 Å². The number of hydrogen-bond donors (Lipinski definition) is 1. The maximum Gasteiger partial charge on any atom is 0.244 e. The van der Waals surface area contributed by atoms with Crippen LogP contribution >= 0.6 is 34.8 Å². The molecule has 7 nitrogen and oxygen atoms in total. The SMILES string of the molecule is Bc1cnn2c(NCC3CCN(S(=O)(=O)c4cccc(Cl)c4Cl)CC3)cc(-c3ccccc3Cl)nc12.